The molecule has 1 amide bonds. The van der Waals surface area contributed by atoms with Gasteiger partial charge in [-0.25, -0.2) is 9.37 Å². The molecule has 4 nitrogen and oxygen atoms in total. The van der Waals surface area contributed by atoms with Gasteiger partial charge in [-0.05, 0) is 24.1 Å². The van der Waals surface area contributed by atoms with Gasteiger partial charge in [0.2, 0.25) is 5.91 Å². The van der Waals surface area contributed by atoms with E-state index in [1.54, 1.807) is 18.2 Å². The van der Waals surface area contributed by atoms with Crippen LogP contribution in [0, 0.1) is 5.82 Å². The molecule has 6 heteroatoms. The average molecular weight is 379 g/mol. The van der Waals surface area contributed by atoms with Crippen molar-refractivity contribution >= 4 is 22.2 Å². The van der Waals surface area contributed by atoms with E-state index in [0.717, 1.165) is 16.2 Å². The number of thiazole rings is 1. The summed E-state index contributed by atoms with van der Waals surface area (Å²) in [5.41, 5.74) is 3.17. The number of benzene rings is 2. The molecule has 0 saturated heterocycles. The van der Waals surface area contributed by atoms with Crippen LogP contribution in [-0.2, 0) is 17.8 Å². The number of nitrogens with one attached hydrogen (secondary N) is 1. The van der Waals surface area contributed by atoms with E-state index in [1.807, 2.05) is 46.3 Å². The Morgan fingerprint density at radius 3 is 2.70 bits per heavy atom. The van der Waals surface area contributed by atoms with Crippen LogP contribution in [0.4, 0.5) is 4.39 Å². The summed E-state index contributed by atoms with van der Waals surface area (Å²) in [6, 6.07) is 16.4. The predicted octanol–water partition coefficient (Wildman–Crippen LogP) is 4.45. The molecular formula is C21H18FN3OS. The highest BCUT2D eigenvalue weighted by atomic mass is 32.1. The van der Waals surface area contributed by atoms with E-state index in [-0.39, 0.29) is 11.7 Å². The van der Waals surface area contributed by atoms with Crippen molar-refractivity contribution < 1.29 is 9.18 Å². The number of fused-ring (bicyclic) bond motifs is 1. The van der Waals surface area contributed by atoms with E-state index in [2.05, 4.69) is 10.3 Å². The molecule has 0 spiro atoms. The molecular weight excluding hydrogens is 361 g/mol. The minimum Gasteiger partial charge on any atom is -0.352 e. The second kappa shape index (κ2) is 7.72. The highest BCUT2D eigenvalue weighted by Crippen LogP contribution is 2.26. The van der Waals surface area contributed by atoms with Crippen LogP contribution < -0.4 is 5.32 Å². The van der Waals surface area contributed by atoms with Crippen LogP contribution in [-0.4, -0.2) is 15.3 Å². The van der Waals surface area contributed by atoms with Crippen molar-refractivity contribution in [2.45, 2.75) is 19.4 Å². The van der Waals surface area contributed by atoms with E-state index in [4.69, 9.17) is 0 Å². The van der Waals surface area contributed by atoms with Crippen molar-refractivity contribution in [2.75, 3.05) is 0 Å². The van der Waals surface area contributed by atoms with Crippen molar-refractivity contribution in [3.63, 3.8) is 0 Å². The molecule has 0 aliphatic rings. The lowest BCUT2D eigenvalue weighted by atomic mass is 10.1. The minimum atomic E-state index is -0.287. The Kier molecular flexibility index (Phi) is 4.98. The zero-order chi connectivity index (χ0) is 18.6. The van der Waals surface area contributed by atoms with E-state index < -0.39 is 0 Å². The second-order valence-electron chi connectivity index (χ2n) is 6.25. The number of carbonyl (C=O) groups is 1. The van der Waals surface area contributed by atoms with Crippen molar-refractivity contribution in [3.8, 4) is 11.3 Å². The number of halogens is 1. The Balaban J connectivity index is 1.42. The lowest BCUT2D eigenvalue weighted by Crippen LogP contribution is -2.23. The quantitative estimate of drug-likeness (QED) is 0.538. The molecule has 0 bridgehead atoms. The number of hydrogen-bond acceptors (Lipinski definition) is 3. The third-order valence-corrected chi connectivity index (χ3v) is 5.26. The largest absolute Gasteiger partial charge is 0.352 e. The Hall–Kier alpha value is -2.99. The molecule has 0 saturated carbocycles. The molecule has 1 N–H and O–H groups in total. The Labute approximate surface area is 160 Å². The number of carbonyl (C=O) groups excluding carboxylic acids is 1. The zero-order valence-corrected chi connectivity index (χ0v) is 15.4. The second-order valence-corrected chi connectivity index (χ2v) is 7.08. The molecule has 4 aromatic rings. The average Bonchev–Trinajstić information content (AvgIpc) is 3.27. The number of amides is 1. The summed E-state index contributed by atoms with van der Waals surface area (Å²) in [7, 11) is 0. The van der Waals surface area contributed by atoms with Gasteiger partial charge in [0.15, 0.2) is 4.96 Å². The fourth-order valence-electron chi connectivity index (χ4n) is 2.93. The number of aromatic nitrogens is 2. The van der Waals surface area contributed by atoms with Gasteiger partial charge in [-0.2, -0.15) is 0 Å². The predicted molar refractivity (Wildman–Crippen MR) is 105 cm³/mol. The number of rotatable bonds is 6. The van der Waals surface area contributed by atoms with Crippen LogP contribution in [0.25, 0.3) is 16.2 Å². The Bertz CT molecular complexity index is 1070. The van der Waals surface area contributed by atoms with Crippen LogP contribution in [0.1, 0.15) is 17.7 Å². The summed E-state index contributed by atoms with van der Waals surface area (Å²) in [5.74, 6) is -0.280. The molecule has 136 valence electrons. The highest BCUT2D eigenvalue weighted by Gasteiger charge is 2.13. The van der Waals surface area contributed by atoms with Gasteiger partial charge in [0.05, 0.1) is 5.69 Å². The maximum atomic E-state index is 14.0. The van der Waals surface area contributed by atoms with E-state index in [1.165, 1.54) is 17.4 Å². The summed E-state index contributed by atoms with van der Waals surface area (Å²) in [6.07, 6.45) is 2.83. The molecule has 0 radical (unpaired) electrons. The lowest BCUT2D eigenvalue weighted by molar-refractivity contribution is -0.121. The fraction of sp³-hybridized carbons (Fsp3) is 0.143. The third kappa shape index (κ3) is 3.90. The van der Waals surface area contributed by atoms with E-state index in [9.17, 15) is 9.18 Å². The van der Waals surface area contributed by atoms with Crippen molar-refractivity contribution in [1.82, 2.24) is 14.7 Å². The first-order valence-corrected chi connectivity index (χ1v) is 9.59. The molecule has 4 rings (SSSR count). The maximum Gasteiger partial charge on any atom is 0.220 e. The molecule has 0 atom stereocenters. The minimum absolute atomic E-state index is 0.00708. The summed E-state index contributed by atoms with van der Waals surface area (Å²) >= 11 is 1.49. The number of nitrogens with zero attached hydrogens (tertiary/aromatic N) is 2. The van der Waals surface area contributed by atoms with Crippen LogP contribution in [0.2, 0.25) is 0 Å². The highest BCUT2D eigenvalue weighted by molar-refractivity contribution is 7.15. The fourth-order valence-corrected chi connectivity index (χ4v) is 3.84. The lowest BCUT2D eigenvalue weighted by Gasteiger charge is -2.05. The van der Waals surface area contributed by atoms with Crippen LogP contribution in [0.3, 0.4) is 0 Å². The van der Waals surface area contributed by atoms with Crippen molar-refractivity contribution in [2.24, 2.45) is 0 Å². The Morgan fingerprint density at radius 2 is 1.89 bits per heavy atom. The summed E-state index contributed by atoms with van der Waals surface area (Å²) in [5, 5.41) is 4.94. The molecule has 27 heavy (non-hydrogen) atoms. The van der Waals surface area contributed by atoms with Gasteiger partial charge in [-0.3, -0.25) is 9.20 Å². The molecule has 2 heterocycles. The standard InChI is InChI=1S/C21H18FN3OS/c22-18-9-5-4-8-17(18)19-13-25-16(14-27-21(25)24-19)10-11-20(26)23-12-15-6-2-1-3-7-15/h1-9,13-14H,10-12H2,(H,23,26). The smallest absolute Gasteiger partial charge is 0.220 e. The Morgan fingerprint density at radius 1 is 1.11 bits per heavy atom. The van der Waals surface area contributed by atoms with Crippen LogP contribution in [0.5, 0.6) is 0 Å². The normalized spacial score (nSPS) is 11.0. The summed E-state index contributed by atoms with van der Waals surface area (Å²) in [6.45, 7) is 0.529. The summed E-state index contributed by atoms with van der Waals surface area (Å²) in [4.78, 5) is 17.4. The number of hydrogen-bond donors (Lipinski definition) is 1. The van der Waals surface area contributed by atoms with Crippen molar-refractivity contribution in [1.29, 1.82) is 0 Å². The SMILES string of the molecule is O=C(CCc1csc2nc(-c3ccccc3F)cn12)NCc1ccccc1. The van der Waals surface area contributed by atoms with Gasteiger partial charge < -0.3 is 5.32 Å². The zero-order valence-electron chi connectivity index (χ0n) is 14.6. The van der Waals surface area contributed by atoms with Crippen LogP contribution in [0.15, 0.2) is 66.2 Å². The topological polar surface area (TPSA) is 46.4 Å². The third-order valence-electron chi connectivity index (χ3n) is 4.37. The first-order chi connectivity index (χ1) is 13.2. The molecule has 0 aliphatic carbocycles. The number of aryl methyl sites for hydroxylation is 1. The first kappa shape index (κ1) is 17.4. The maximum absolute atomic E-state index is 14.0. The molecule has 0 fully saturated rings. The van der Waals surface area contributed by atoms with Gasteiger partial charge in [-0.1, -0.05) is 42.5 Å². The van der Waals surface area contributed by atoms with Gasteiger partial charge in [0.25, 0.3) is 0 Å². The van der Waals surface area contributed by atoms with Gasteiger partial charge in [-0.15, -0.1) is 11.3 Å². The van der Waals surface area contributed by atoms with Gasteiger partial charge >= 0.3 is 0 Å². The molecule has 0 unspecified atom stereocenters. The molecule has 2 aromatic carbocycles. The molecule has 2 aromatic heterocycles. The van der Waals surface area contributed by atoms with Gasteiger partial charge in [0, 0.05) is 35.8 Å². The first-order valence-electron chi connectivity index (χ1n) is 8.72. The summed E-state index contributed by atoms with van der Waals surface area (Å²) < 4.78 is 15.9. The van der Waals surface area contributed by atoms with Crippen molar-refractivity contribution in [3.05, 3.63) is 83.2 Å². The van der Waals surface area contributed by atoms with Crippen LogP contribution >= 0.6 is 11.3 Å². The van der Waals surface area contributed by atoms with E-state index in [0.29, 0.717) is 30.6 Å². The monoisotopic (exact) mass is 379 g/mol. The van der Waals surface area contributed by atoms with E-state index >= 15 is 0 Å². The number of imidazole rings is 1. The molecule has 0 aliphatic heterocycles. The van der Waals surface area contributed by atoms with Gasteiger partial charge in [0.1, 0.15) is 5.82 Å².